The van der Waals surface area contributed by atoms with Crippen LogP contribution in [-0.2, 0) is 12.7 Å². The maximum atomic E-state index is 12.3. The largest absolute Gasteiger partial charge is 0.419 e. The van der Waals surface area contributed by atoms with Crippen molar-refractivity contribution in [1.82, 2.24) is 9.78 Å². The summed E-state index contributed by atoms with van der Waals surface area (Å²) in [7, 11) is 0. The van der Waals surface area contributed by atoms with E-state index in [0.29, 0.717) is 13.0 Å². The molecule has 0 aliphatic heterocycles. The molecule has 96 valence electrons. The fraction of sp³-hybridized carbons (Fsp3) is 0.600. The molecule has 17 heavy (non-hydrogen) atoms. The van der Waals surface area contributed by atoms with Crippen molar-refractivity contribution in [1.29, 1.82) is 5.41 Å². The highest BCUT2D eigenvalue weighted by Gasteiger charge is 2.32. The first kappa shape index (κ1) is 13.5. The summed E-state index contributed by atoms with van der Waals surface area (Å²) in [5, 5.41) is 11.0. The van der Waals surface area contributed by atoms with E-state index < -0.39 is 17.2 Å². The Morgan fingerprint density at radius 3 is 2.47 bits per heavy atom. The summed E-state index contributed by atoms with van der Waals surface area (Å²) >= 11 is 0. The van der Waals surface area contributed by atoms with Crippen molar-refractivity contribution in [2.75, 3.05) is 0 Å². The number of amidine groups is 1. The Morgan fingerprint density at radius 1 is 1.47 bits per heavy atom. The van der Waals surface area contributed by atoms with Gasteiger partial charge >= 0.3 is 6.18 Å². The van der Waals surface area contributed by atoms with Crippen molar-refractivity contribution in [2.45, 2.75) is 33.0 Å². The van der Waals surface area contributed by atoms with Crippen molar-refractivity contribution in [3.8, 4) is 0 Å². The Kier molecular flexibility index (Phi) is 3.49. The van der Waals surface area contributed by atoms with E-state index in [0.717, 1.165) is 12.4 Å². The molecule has 0 atom stereocenters. The van der Waals surface area contributed by atoms with Crippen LogP contribution in [0.2, 0.25) is 0 Å². The molecule has 0 amide bonds. The minimum absolute atomic E-state index is 0.0145. The third-order valence-electron chi connectivity index (χ3n) is 2.66. The van der Waals surface area contributed by atoms with E-state index in [-0.39, 0.29) is 5.84 Å². The SMILES string of the molecule is CC(C)(CCn1cc(C(F)(F)F)cn1)C(=N)N. The van der Waals surface area contributed by atoms with Gasteiger partial charge in [-0.2, -0.15) is 18.3 Å². The first-order valence-electron chi connectivity index (χ1n) is 5.07. The molecule has 0 unspecified atom stereocenters. The number of nitrogens with one attached hydrogen (secondary N) is 1. The van der Waals surface area contributed by atoms with Gasteiger partial charge in [0, 0.05) is 18.2 Å². The minimum Gasteiger partial charge on any atom is -0.387 e. The van der Waals surface area contributed by atoms with Crippen molar-refractivity contribution in [2.24, 2.45) is 11.1 Å². The van der Waals surface area contributed by atoms with Crippen LogP contribution in [0.4, 0.5) is 13.2 Å². The number of alkyl halides is 3. The molecule has 1 aromatic heterocycles. The summed E-state index contributed by atoms with van der Waals surface area (Å²) in [6, 6.07) is 0. The second-order valence-corrected chi connectivity index (χ2v) is 4.54. The predicted octanol–water partition coefficient (Wildman–Crippen LogP) is 2.25. The summed E-state index contributed by atoms with van der Waals surface area (Å²) in [6.45, 7) is 3.83. The molecule has 0 aliphatic rings. The van der Waals surface area contributed by atoms with Crippen LogP contribution in [0.25, 0.3) is 0 Å². The highest BCUT2D eigenvalue weighted by molar-refractivity contribution is 5.82. The van der Waals surface area contributed by atoms with Gasteiger partial charge in [-0.15, -0.1) is 0 Å². The van der Waals surface area contributed by atoms with Gasteiger partial charge in [0.25, 0.3) is 0 Å². The van der Waals surface area contributed by atoms with Gasteiger partial charge in [0.2, 0.25) is 0 Å². The van der Waals surface area contributed by atoms with Gasteiger partial charge < -0.3 is 5.73 Å². The van der Waals surface area contributed by atoms with E-state index in [4.69, 9.17) is 11.1 Å². The molecule has 0 radical (unpaired) electrons. The van der Waals surface area contributed by atoms with E-state index >= 15 is 0 Å². The zero-order valence-corrected chi connectivity index (χ0v) is 9.67. The number of hydrogen-bond donors (Lipinski definition) is 2. The molecule has 4 nitrogen and oxygen atoms in total. The summed E-state index contributed by atoms with van der Waals surface area (Å²) in [6.07, 6.45) is -2.16. The lowest BCUT2D eigenvalue weighted by molar-refractivity contribution is -0.137. The normalized spacial score (nSPS) is 12.8. The van der Waals surface area contributed by atoms with Gasteiger partial charge in [-0.25, -0.2) is 0 Å². The molecule has 0 spiro atoms. The molecule has 1 heterocycles. The number of halogens is 3. The summed E-state index contributed by atoms with van der Waals surface area (Å²) < 4.78 is 38.1. The van der Waals surface area contributed by atoms with E-state index in [2.05, 4.69) is 5.10 Å². The highest BCUT2D eigenvalue weighted by Crippen LogP contribution is 2.29. The molecule has 3 N–H and O–H groups in total. The molecule has 0 bridgehead atoms. The molecule has 0 fully saturated rings. The van der Waals surface area contributed by atoms with Gasteiger partial charge in [-0.05, 0) is 6.42 Å². The third kappa shape index (κ3) is 3.47. The number of hydrogen-bond acceptors (Lipinski definition) is 2. The van der Waals surface area contributed by atoms with Crippen LogP contribution in [0.3, 0.4) is 0 Å². The van der Waals surface area contributed by atoms with Crippen molar-refractivity contribution in [3.05, 3.63) is 18.0 Å². The zero-order chi connectivity index (χ0) is 13.3. The third-order valence-corrected chi connectivity index (χ3v) is 2.66. The number of nitrogens with two attached hydrogens (primary N) is 1. The molecule has 0 aliphatic carbocycles. The van der Waals surface area contributed by atoms with E-state index in [1.165, 1.54) is 4.68 Å². The average molecular weight is 248 g/mol. The molecule has 1 aromatic rings. The Labute approximate surface area is 97.1 Å². The lowest BCUT2D eigenvalue weighted by atomic mass is 9.88. The van der Waals surface area contributed by atoms with Crippen molar-refractivity contribution >= 4 is 5.84 Å². The fourth-order valence-electron chi connectivity index (χ4n) is 1.16. The number of aromatic nitrogens is 2. The monoisotopic (exact) mass is 248 g/mol. The second kappa shape index (κ2) is 4.38. The maximum absolute atomic E-state index is 12.3. The molecule has 0 saturated carbocycles. The Morgan fingerprint density at radius 2 is 2.06 bits per heavy atom. The summed E-state index contributed by atoms with van der Waals surface area (Å²) in [5.74, 6) is 0.0145. The summed E-state index contributed by atoms with van der Waals surface area (Å²) in [5.41, 5.74) is 4.08. The number of rotatable bonds is 4. The predicted molar refractivity (Wildman–Crippen MR) is 57.5 cm³/mol. The van der Waals surface area contributed by atoms with Crippen LogP contribution in [-0.4, -0.2) is 15.6 Å². The first-order chi connectivity index (χ1) is 7.63. The molecule has 0 saturated heterocycles. The fourth-order valence-corrected chi connectivity index (χ4v) is 1.16. The number of aryl methyl sites for hydroxylation is 1. The van der Waals surface area contributed by atoms with Crippen LogP contribution in [0.1, 0.15) is 25.8 Å². The van der Waals surface area contributed by atoms with Gasteiger partial charge in [0.05, 0.1) is 17.6 Å². The van der Waals surface area contributed by atoms with Crippen LogP contribution in [0.15, 0.2) is 12.4 Å². The average Bonchev–Trinajstić information content (AvgIpc) is 2.62. The topological polar surface area (TPSA) is 67.7 Å². The van der Waals surface area contributed by atoms with E-state index in [1.807, 2.05) is 0 Å². The maximum Gasteiger partial charge on any atom is 0.419 e. The Hall–Kier alpha value is -1.53. The molecular formula is C10H15F3N4. The molecular weight excluding hydrogens is 233 g/mol. The number of nitrogens with zero attached hydrogens (tertiary/aromatic N) is 2. The van der Waals surface area contributed by atoms with E-state index in [1.54, 1.807) is 13.8 Å². The van der Waals surface area contributed by atoms with Gasteiger partial charge in [0.1, 0.15) is 0 Å². The standard InChI is InChI=1S/C10H15F3N4/c1-9(2,8(14)15)3-4-17-6-7(5-16-17)10(11,12)13/h5-6H,3-4H2,1-2H3,(H3,14,15). The van der Waals surface area contributed by atoms with Crippen molar-refractivity contribution in [3.63, 3.8) is 0 Å². The second-order valence-electron chi connectivity index (χ2n) is 4.54. The van der Waals surface area contributed by atoms with Gasteiger partial charge in [-0.1, -0.05) is 13.8 Å². The smallest absolute Gasteiger partial charge is 0.387 e. The van der Waals surface area contributed by atoms with Gasteiger partial charge in [-0.3, -0.25) is 10.1 Å². The minimum atomic E-state index is -4.37. The van der Waals surface area contributed by atoms with Crippen LogP contribution in [0, 0.1) is 10.8 Å². The lowest BCUT2D eigenvalue weighted by Gasteiger charge is -2.22. The lowest BCUT2D eigenvalue weighted by Crippen LogP contribution is -2.31. The molecule has 0 aromatic carbocycles. The van der Waals surface area contributed by atoms with Crippen LogP contribution < -0.4 is 5.73 Å². The van der Waals surface area contributed by atoms with E-state index in [9.17, 15) is 13.2 Å². The molecule has 7 heteroatoms. The van der Waals surface area contributed by atoms with Crippen LogP contribution >= 0.6 is 0 Å². The first-order valence-corrected chi connectivity index (χ1v) is 5.07. The van der Waals surface area contributed by atoms with Crippen LogP contribution in [0.5, 0.6) is 0 Å². The Bertz CT molecular complexity index is 406. The Balaban J connectivity index is 2.66. The van der Waals surface area contributed by atoms with Crippen molar-refractivity contribution < 1.29 is 13.2 Å². The summed E-state index contributed by atoms with van der Waals surface area (Å²) in [4.78, 5) is 0. The highest BCUT2D eigenvalue weighted by atomic mass is 19.4. The quantitative estimate of drug-likeness (QED) is 0.634. The molecule has 1 rings (SSSR count). The zero-order valence-electron chi connectivity index (χ0n) is 9.67. The van der Waals surface area contributed by atoms with Gasteiger partial charge in [0.15, 0.2) is 0 Å².